The molecule has 0 bridgehead atoms. The molecule has 2 atom stereocenters. The van der Waals surface area contributed by atoms with Crippen molar-refractivity contribution in [3.05, 3.63) is 165 Å². The molecule has 2 unspecified atom stereocenters. The van der Waals surface area contributed by atoms with Gasteiger partial charge in [0.15, 0.2) is 0 Å². The van der Waals surface area contributed by atoms with Gasteiger partial charge < -0.3 is 24.8 Å². The molecule has 6 aromatic rings. The topological polar surface area (TPSA) is 26.3 Å². The molecule has 0 fully saturated rings. The second kappa shape index (κ2) is 16.8. The first-order chi connectivity index (χ1) is 25.9. The Labute approximate surface area is 354 Å². The number of rotatable bonds is 8. The molecule has 0 saturated heterocycles. The van der Waals surface area contributed by atoms with E-state index in [1.165, 1.54) is 77.9 Å². The third-order valence-electron chi connectivity index (χ3n) is 11.7. The van der Waals surface area contributed by atoms with E-state index in [-0.39, 0.29) is 24.8 Å². The molecular formula is C50H52Cl2O2SiZr. The zero-order valence-electron chi connectivity index (χ0n) is 34.3. The maximum atomic E-state index is 6.64. The molecule has 0 radical (unpaired) electrons. The Balaban J connectivity index is 0.00000266. The van der Waals surface area contributed by atoms with Gasteiger partial charge in [-0.1, -0.05) is 0 Å². The van der Waals surface area contributed by atoms with Crippen LogP contribution < -0.4 is 24.8 Å². The van der Waals surface area contributed by atoms with Crippen LogP contribution in [0.4, 0.5) is 0 Å². The molecule has 0 spiro atoms. The first-order valence-corrected chi connectivity index (χ1v) is 28.7. The van der Waals surface area contributed by atoms with Crippen molar-refractivity contribution >= 4 is 28.7 Å². The summed E-state index contributed by atoms with van der Waals surface area (Å²) in [6.45, 7) is 23.5. The molecule has 286 valence electrons. The molecule has 2 aromatic heterocycles. The van der Waals surface area contributed by atoms with Crippen molar-refractivity contribution in [3.8, 4) is 22.3 Å². The van der Waals surface area contributed by atoms with Crippen LogP contribution in [0.5, 0.6) is 0 Å². The average Bonchev–Trinajstić information content (AvgIpc) is 3.94. The van der Waals surface area contributed by atoms with Gasteiger partial charge in [0, 0.05) is 0 Å². The summed E-state index contributed by atoms with van der Waals surface area (Å²) in [4.78, 5) is 0. The number of hydrogen-bond donors (Lipinski definition) is 0. The van der Waals surface area contributed by atoms with E-state index in [2.05, 4.69) is 178 Å². The fraction of sp³-hybridized carbons (Fsp3) is 0.280. The van der Waals surface area contributed by atoms with Gasteiger partial charge >= 0.3 is 332 Å². The van der Waals surface area contributed by atoms with E-state index in [9.17, 15) is 0 Å². The number of benzene rings is 4. The Hall–Kier alpha value is -3.40. The molecule has 6 heteroatoms. The average molecular weight is 875 g/mol. The van der Waals surface area contributed by atoms with Crippen molar-refractivity contribution in [2.75, 3.05) is 0 Å². The zero-order valence-corrected chi connectivity index (χ0v) is 39.2. The fourth-order valence-electron chi connectivity index (χ4n) is 9.69. The number of furan rings is 2. The standard InChI is InChI=1S/2C24H23O.C2H6Si.2ClH.Zr/c2*1-15(2)23-16(3)12-19-13-20(22-11-10-17(4)25-22)14-21(19)24(23)18-8-6-5-7-9-18;1-3-2;;;/h2*5-15H,1-4H3;1-2H3;2*1H;/q;;;;;+2/p-2. The van der Waals surface area contributed by atoms with Gasteiger partial charge in [-0.3, -0.25) is 0 Å². The van der Waals surface area contributed by atoms with Crippen LogP contribution in [0, 0.1) is 27.7 Å². The molecule has 2 aliphatic rings. The number of hydrogen-bond acceptors (Lipinski definition) is 2. The van der Waals surface area contributed by atoms with Crippen LogP contribution in [0.25, 0.3) is 45.6 Å². The first kappa shape index (κ1) is 42.2. The summed E-state index contributed by atoms with van der Waals surface area (Å²) in [5.74, 6) is 4.80. The van der Waals surface area contributed by atoms with E-state index >= 15 is 0 Å². The molecule has 0 aliphatic heterocycles. The number of allylic oxidation sites excluding steroid dienone is 2. The van der Waals surface area contributed by atoms with Gasteiger partial charge in [0.25, 0.3) is 0 Å². The number of halogens is 2. The molecule has 2 nitrogen and oxygen atoms in total. The summed E-state index contributed by atoms with van der Waals surface area (Å²) in [5, 5.41) is 0. The fourth-order valence-corrected chi connectivity index (χ4v) is 29.4. The largest absolute Gasteiger partial charge is 1.00 e. The summed E-state index contributed by atoms with van der Waals surface area (Å²) >= 11 is -2.71. The molecule has 56 heavy (non-hydrogen) atoms. The summed E-state index contributed by atoms with van der Waals surface area (Å²) in [6.07, 6.45) is 5.10. The number of aryl methyl sites for hydroxylation is 4. The smallest absolute Gasteiger partial charge is 1.00 e. The van der Waals surface area contributed by atoms with Gasteiger partial charge in [0.1, 0.15) is 0 Å². The van der Waals surface area contributed by atoms with Gasteiger partial charge in [-0.25, -0.2) is 0 Å². The third-order valence-corrected chi connectivity index (χ3v) is 30.9. The van der Waals surface area contributed by atoms with Crippen molar-refractivity contribution in [2.24, 2.45) is 0 Å². The van der Waals surface area contributed by atoms with E-state index < -0.39 is 25.8 Å². The molecule has 0 N–H and O–H groups in total. The monoisotopic (exact) mass is 872 g/mol. The van der Waals surface area contributed by atoms with Crippen molar-refractivity contribution in [3.63, 3.8) is 0 Å². The third kappa shape index (κ3) is 7.30. The Bertz CT molecular complexity index is 2340. The normalized spacial score (nSPS) is 15.4. The predicted octanol–water partition coefficient (Wildman–Crippen LogP) is 8.46. The van der Waals surface area contributed by atoms with Crippen molar-refractivity contribution in [2.45, 2.75) is 87.6 Å². The summed E-state index contributed by atoms with van der Waals surface area (Å²) in [6, 6.07) is 36.2. The maximum Gasteiger partial charge on any atom is -1.00 e. The minimum absolute atomic E-state index is 0. The van der Waals surface area contributed by atoms with Crippen LogP contribution in [0.3, 0.4) is 0 Å². The molecular weight excluding hydrogens is 823 g/mol. The van der Waals surface area contributed by atoms with E-state index in [0.717, 1.165) is 23.0 Å². The van der Waals surface area contributed by atoms with Crippen LogP contribution in [-0.4, -0.2) is 5.43 Å². The Morgan fingerprint density at radius 1 is 0.536 bits per heavy atom. The number of fused-ring (bicyclic) bond motifs is 2. The van der Waals surface area contributed by atoms with E-state index in [1.54, 1.807) is 0 Å². The SMILES string of the molecule is Cc1ccc(C2=Cc3c(cc(C)c(C(C)C)c3-c3ccccc3)[CH]2[Zr+2]([CH]2C(c3ccc(C)o3)=Cc3c2cc(C)c(C(C)C)c3-c2ccccc2)=[Si](C)C)o1.[Cl-].[Cl-]. The minimum Gasteiger partial charge on any atom is -1.00 e. The second-order valence-corrected chi connectivity index (χ2v) is 34.2. The Kier molecular flexibility index (Phi) is 12.7. The zero-order chi connectivity index (χ0) is 38.0. The predicted molar refractivity (Wildman–Crippen MR) is 227 cm³/mol. The summed E-state index contributed by atoms with van der Waals surface area (Å²) in [5.41, 5.74) is 18.9. The van der Waals surface area contributed by atoms with Crippen LogP contribution in [0.1, 0.15) is 114 Å². The van der Waals surface area contributed by atoms with Gasteiger partial charge in [-0.2, -0.15) is 0 Å². The van der Waals surface area contributed by atoms with Gasteiger partial charge in [-0.05, 0) is 0 Å². The van der Waals surface area contributed by atoms with Crippen LogP contribution in [0.15, 0.2) is 106 Å². The molecule has 2 aliphatic carbocycles. The molecule has 0 saturated carbocycles. The van der Waals surface area contributed by atoms with E-state index in [0.29, 0.717) is 19.1 Å². The molecule has 4 aromatic carbocycles. The van der Waals surface area contributed by atoms with Gasteiger partial charge in [0.05, 0.1) is 0 Å². The summed E-state index contributed by atoms with van der Waals surface area (Å²) in [7, 11) is 0. The minimum atomic E-state index is -2.71. The molecule has 8 rings (SSSR count). The van der Waals surface area contributed by atoms with E-state index in [1.807, 2.05) is 0 Å². The van der Waals surface area contributed by atoms with Gasteiger partial charge in [0.2, 0.25) is 0 Å². The summed E-state index contributed by atoms with van der Waals surface area (Å²) < 4.78 is 13.9. The van der Waals surface area contributed by atoms with Crippen molar-refractivity contribution in [1.29, 1.82) is 0 Å². The maximum absolute atomic E-state index is 6.64. The quantitative estimate of drug-likeness (QED) is 0.144. The van der Waals surface area contributed by atoms with E-state index in [4.69, 9.17) is 8.83 Å². The van der Waals surface area contributed by atoms with Crippen molar-refractivity contribution in [1.82, 2.24) is 0 Å². The van der Waals surface area contributed by atoms with Crippen LogP contribution in [0.2, 0.25) is 13.1 Å². The first-order valence-electron chi connectivity index (χ1n) is 19.6. The Morgan fingerprint density at radius 2 is 0.911 bits per heavy atom. The molecule has 0 amide bonds. The van der Waals surface area contributed by atoms with Crippen molar-refractivity contribution < 1.29 is 54.0 Å². The van der Waals surface area contributed by atoms with Crippen LogP contribution >= 0.6 is 0 Å². The Morgan fingerprint density at radius 3 is 1.21 bits per heavy atom. The second-order valence-electron chi connectivity index (χ2n) is 16.4. The van der Waals surface area contributed by atoms with Gasteiger partial charge in [-0.15, -0.1) is 0 Å². The molecule has 2 heterocycles. The van der Waals surface area contributed by atoms with Crippen LogP contribution in [-0.2, 0) is 20.4 Å².